The van der Waals surface area contributed by atoms with Gasteiger partial charge in [0.2, 0.25) is 0 Å². The molecule has 0 aliphatic rings. The van der Waals surface area contributed by atoms with Crippen LogP contribution in [0.2, 0.25) is 0 Å². The Morgan fingerprint density at radius 1 is 1.03 bits per heavy atom. The highest BCUT2D eigenvalue weighted by atomic mass is 19.4. The molecule has 174 valence electrons. The normalized spacial score (nSPS) is 11.3. The molecule has 10 heteroatoms. The van der Waals surface area contributed by atoms with Gasteiger partial charge >= 0.3 is 12.2 Å². The van der Waals surface area contributed by atoms with Crippen LogP contribution in [0.15, 0.2) is 72.8 Å². The number of halogens is 4. The molecule has 1 amide bonds. The highest BCUT2D eigenvalue weighted by molar-refractivity contribution is 6.04. The van der Waals surface area contributed by atoms with Crippen molar-refractivity contribution < 1.29 is 27.1 Å². The Morgan fingerprint density at radius 3 is 2.44 bits per heavy atom. The molecule has 0 radical (unpaired) electrons. The standard InChI is InChI=1S/C24H18F4N4O2/c1-2-34-23-30-21(19-8-3-4-9-20(19)25)32(31-23)18-12-10-17(11-13-18)29-22(33)15-6-5-7-16(14-15)24(26,27)28/h3-14H,2H2,1H3,(H,29,33). The summed E-state index contributed by atoms with van der Waals surface area (Å²) in [6.45, 7) is 2.09. The van der Waals surface area contributed by atoms with Crippen LogP contribution in [0, 0.1) is 5.82 Å². The summed E-state index contributed by atoms with van der Waals surface area (Å²) in [6.07, 6.45) is -4.55. The van der Waals surface area contributed by atoms with Crippen molar-refractivity contribution in [2.24, 2.45) is 0 Å². The number of hydrogen-bond acceptors (Lipinski definition) is 4. The van der Waals surface area contributed by atoms with E-state index < -0.39 is 23.5 Å². The number of carbonyl (C=O) groups excluding carboxylic acids is 1. The average Bonchev–Trinajstić information content (AvgIpc) is 3.23. The summed E-state index contributed by atoms with van der Waals surface area (Å²) in [7, 11) is 0. The van der Waals surface area contributed by atoms with Crippen molar-refractivity contribution >= 4 is 11.6 Å². The molecular formula is C24H18F4N4O2. The molecular weight excluding hydrogens is 452 g/mol. The molecule has 1 aromatic heterocycles. The Labute approximate surface area is 191 Å². The highest BCUT2D eigenvalue weighted by Crippen LogP contribution is 2.30. The topological polar surface area (TPSA) is 69.0 Å². The summed E-state index contributed by atoms with van der Waals surface area (Å²) >= 11 is 0. The Kier molecular flexibility index (Phi) is 6.31. The van der Waals surface area contributed by atoms with E-state index in [1.165, 1.54) is 22.9 Å². The van der Waals surface area contributed by atoms with Crippen molar-refractivity contribution in [3.8, 4) is 23.1 Å². The third-order valence-electron chi connectivity index (χ3n) is 4.80. The van der Waals surface area contributed by atoms with Gasteiger partial charge in [-0.2, -0.15) is 18.2 Å². The zero-order chi connectivity index (χ0) is 24.3. The molecule has 4 rings (SSSR count). The third-order valence-corrected chi connectivity index (χ3v) is 4.80. The minimum Gasteiger partial charge on any atom is -0.463 e. The van der Waals surface area contributed by atoms with Gasteiger partial charge in [0, 0.05) is 11.3 Å². The molecule has 4 aromatic rings. The van der Waals surface area contributed by atoms with Crippen LogP contribution in [0.5, 0.6) is 6.01 Å². The number of hydrogen-bond donors (Lipinski definition) is 1. The molecule has 0 bridgehead atoms. The van der Waals surface area contributed by atoms with Gasteiger partial charge in [-0.25, -0.2) is 9.07 Å². The molecule has 0 spiro atoms. The Morgan fingerprint density at radius 2 is 1.76 bits per heavy atom. The smallest absolute Gasteiger partial charge is 0.416 e. The van der Waals surface area contributed by atoms with Gasteiger partial charge in [-0.15, -0.1) is 5.10 Å². The monoisotopic (exact) mass is 470 g/mol. The first-order chi connectivity index (χ1) is 16.3. The number of anilines is 1. The number of ether oxygens (including phenoxy) is 1. The van der Waals surface area contributed by atoms with Crippen LogP contribution in [-0.4, -0.2) is 27.3 Å². The number of nitrogens with one attached hydrogen (secondary N) is 1. The van der Waals surface area contributed by atoms with Crippen molar-refractivity contribution in [3.63, 3.8) is 0 Å². The van der Waals surface area contributed by atoms with Crippen LogP contribution in [0.4, 0.5) is 23.2 Å². The van der Waals surface area contributed by atoms with Crippen LogP contribution in [0.25, 0.3) is 17.1 Å². The van der Waals surface area contributed by atoms with E-state index in [1.807, 2.05) is 0 Å². The first-order valence-electron chi connectivity index (χ1n) is 10.2. The number of aromatic nitrogens is 3. The summed E-state index contributed by atoms with van der Waals surface area (Å²) in [6, 6.07) is 16.6. The lowest BCUT2D eigenvalue weighted by molar-refractivity contribution is -0.137. The molecule has 0 saturated heterocycles. The molecule has 0 saturated carbocycles. The highest BCUT2D eigenvalue weighted by Gasteiger charge is 2.30. The van der Waals surface area contributed by atoms with E-state index in [1.54, 1.807) is 49.4 Å². The number of nitrogens with zero attached hydrogens (tertiary/aromatic N) is 3. The molecule has 0 unspecified atom stereocenters. The number of amides is 1. The van der Waals surface area contributed by atoms with Crippen molar-refractivity contribution in [2.45, 2.75) is 13.1 Å². The number of rotatable bonds is 6. The zero-order valence-electron chi connectivity index (χ0n) is 17.8. The summed E-state index contributed by atoms with van der Waals surface area (Å²) in [4.78, 5) is 16.7. The van der Waals surface area contributed by atoms with Crippen molar-refractivity contribution in [1.82, 2.24) is 14.8 Å². The Hall–Kier alpha value is -4.21. The van der Waals surface area contributed by atoms with E-state index in [0.717, 1.165) is 12.1 Å². The maximum atomic E-state index is 14.4. The van der Waals surface area contributed by atoms with Crippen LogP contribution >= 0.6 is 0 Å². The fourth-order valence-corrected chi connectivity index (χ4v) is 3.21. The van der Waals surface area contributed by atoms with E-state index in [2.05, 4.69) is 15.4 Å². The van der Waals surface area contributed by atoms with Gasteiger partial charge in [-0.1, -0.05) is 18.2 Å². The Balaban J connectivity index is 1.60. The number of benzene rings is 3. The van der Waals surface area contributed by atoms with Gasteiger partial charge in [0.1, 0.15) is 5.82 Å². The van der Waals surface area contributed by atoms with Crippen molar-refractivity contribution in [2.75, 3.05) is 11.9 Å². The molecule has 0 atom stereocenters. The molecule has 1 N–H and O–H groups in total. The lowest BCUT2D eigenvalue weighted by Gasteiger charge is -2.10. The van der Waals surface area contributed by atoms with Gasteiger partial charge < -0.3 is 10.1 Å². The van der Waals surface area contributed by atoms with E-state index >= 15 is 0 Å². The quantitative estimate of drug-likeness (QED) is 0.365. The lowest BCUT2D eigenvalue weighted by Crippen LogP contribution is -2.14. The minimum atomic E-state index is -4.55. The fraction of sp³-hybridized carbons (Fsp3) is 0.125. The van der Waals surface area contributed by atoms with Crippen LogP contribution in [0.3, 0.4) is 0 Å². The molecule has 0 aliphatic carbocycles. The van der Waals surface area contributed by atoms with Crippen LogP contribution in [0.1, 0.15) is 22.8 Å². The van der Waals surface area contributed by atoms with Gasteiger partial charge in [0.15, 0.2) is 5.82 Å². The summed E-state index contributed by atoms with van der Waals surface area (Å²) in [5.74, 6) is -0.947. The molecule has 1 heterocycles. The second-order valence-electron chi connectivity index (χ2n) is 7.12. The molecule has 6 nitrogen and oxygen atoms in total. The first kappa shape index (κ1) is 23.0. The largest absolute Gasteiger partial charge is 0.463 e. The van der Waals surface area contributed by atoms with Gasteiger partial charge in [-0.05, 0) is 61.5 Å². The van der Waals surface area contributed by atoms with E-state index in [-0.39, 0.29) is 23.0 Å². The number of carbonyl (C=O) groups is 1. The van der Waals surface area contributed by atoms with Crippen molar-refractivity contribution in [3.05, 3.63) is 89.7 Å². The average molecular weight is 470 g/mol. The van der Waals surface area contributed by atoms with Gasteiger partial charge in [0.25, 0.3) is 5.91 Å². The van der Waals surface area contributed by atoms with E-state index in [4.69, 9.17) is 4.74 Å². The maximum absolute atomic E-state index is 14.4. The van der Waals surface area contributed by atoms with E-state index in [0.29, 0.717) is 18.0 Å². The van der Waals surface area contributed by atoms with Gasteiger partial charge in [0.05, 0.1) is 23.4 Å². The molecule has 3 aromatic carbocycles. The van der Waals surface area contributed by atoms with Crippen LogP contribution in [-0.2, 0) is 6.18 Å². The van der Waals surface area contributed by atoms with Gasteiger partial charge in [-0.3, -0.25) is 4.79 Å². The SMILES string of the molecule is CCOc1nc(-c2ccccc2F)n(-c2ccc(NC(=O)c3cccc(C(F)(F)F)c3)cc2)n1. The lowest BCUT2D eigenvalue weighted by atomic mass is 10.1. The number of alkyl halides is 3. The summed E-state index contributed by atoms with van der Waals surface area (Å²) in [5, 5.41) is 6.84. The first-order valence-corrected chi connectivity index (χ1v) is 10.2. The third kappa shape index (κ3) is 4.90. The van der Waals surface area contributed by atoms with E-state index in [9.17, 15) is 22.4 Å². The molecule has 0 fully saturated rings. The zero-order valence-corrected chi connectivity index (χ0v) is 17.8. The second kappa shape index (κ2) is 9.34. The fourth-order valence-electron chi connectivity index (χ4n) is 3.21. The second-order valence-corrected chi connectivity index (χ2v) is 7.12. The summed E-state index contributed by atoms with van der Waals surface area (Å²) < 4.78 is 59.9. The molecule has 34 heavy (non-hydrogen) atoms. The predicted octanol–water partition coefficient (Wildman–Crippen LogP) is 5.74. The Bertz CT molecular complexity index is 1320. The summed E-state index contributed by atoms with van der Waals surface area (Å²) in [5.41, 5.74) is 0.0474. The predicted molar refractivity (Wildman–Crippen MR) is 117 cm³/mol. The maximum Gasteiger partial charge on any atom is 0.416 e. The minimum absolute atomic E-state index is 0.0719. The molecule has 0 aliphatic heterocycles. The van der Waals surface area contributed by atoms with Crippen molar-refractivity contribution in [1.29, 1.82) is 0 Å². The van der Waals surface area contributed by atoms with Crippen LogP contribution < -0.4 is 10.1 Å².